The quantitative estimate of drug-likeness (QED) is 0.781. The molecule has 2 saturated heterocycles. The number of likely N-dealkylation sites (tertiary alicyclic amines) is 1. The smallest absolute Gasteiger partial charge is 0.229 e. The van der Waals surface area contributed by atoms with Crippen LogP contribution in [0.5, 0.6) is 0 Å². The maximum absolute atomic E-state index is 12.3. The minimum atomic E-state index is -0.178. The van der Waals surface area contributed by atoms with Gasteiger partial charge >= 0.3 is 0 Å². The zero-order valence-corrected chi connectivity index (χ0v) is 10.8. The van der Waals surface area contributed by atoms with Gasteiger partial charge in [-0.2, -0.15) is 0 Å². The van der Waals surface area contributed by atoms with E-state index in [2.05, 4.69) is 12.2 Å². The van der Waals surface area contributed by atoms with Crippen LogP contribution in [0.1, 0.15) is 19.8 Å². The van der Waals surface area contributed by atoms with Gasteiger partial charge in [-0.05, 0) is 26.3 Å². The summed E-state index contributed by atoms with van der Waals surface area (Å²) in [4.78, 5) is 14.2. The first-order valence-electron chi connectivity index (χ1n) is 5.68. The van der Waals surface area contributed by atoms with Crippen molar-refractivity contribution in [2.24, 2.45) is 5.41 Å². The molecule has 0 aromatic rings. The van der Waals surface area contributed by atoms with Gasteiger partial charge in [-0.15, -0.1) is 12.4 Å². The van der Waals surface area contributed by atoms with Crippen molar-refractivity contribution in [3.8, 4) is 0 Å². The van der Waals surface area contributed by atoms with E-state index in [9.17, 15) is 4.79 Å². The third kappa shape index (κ3) is 2.50. The number of halogens is 1. The number of ether oxygens (including phenoxy) is 1. The molecule has 16 heavy (non-hydrogen) atoms. The number of hydrogen-bond donors (Lipinski definition) is 1. The molecule has 0 aromatic heterocycles. The number of amides is 1. The Hall–Kier alpha value is -0.320. The number of carbonyl (C=O) groups excluding carboxylic acids is 1. The van der Waals surface area contributed by atoms with Crippen molar-refractivity contribution < 1.29 is 9.53 Å². The standard InChI is InChI=1S/C11H20N2O2.ClH/c1-11(4-5-12-8-11)10(14)13-6-3-9(7-13)15-2;/h9,12H,3-8H2,1-2H3;1H/t9-,11?;/m1./s1. The van der Waals surface area contributed by atoms with Gasteiger partial charge in [0.2, 0.25) is 5.91 Å². The van der Waals surface area contributed by atoms with Gasteiger partial charge in [0, 0.05) is 26.7 Å². The molecule has 0 radical (unpaired) electrons. The molecule has 2 fully saturated rings. The van der Waals surface area contributed by atoms with E-state index in [1.165, 1.54) is 0 Å². The van der Waals surface area contributed by atoms with Gasteiger partial charge in [0.25, 0.3) is 0 Å². The van der Waals surface area contributed by atoms with Crippen molar-refractivity contribution in [3.63, 3.8) is 0 Å². The van der Waals surface area contributed by atoms with Crippen molar-refractivity contribution >= 4 is 18.3 Å². The molecular formula is C11H21ClN2O2. The summed E-state index contributed by atoms with van der Waals surface area (Å²) >= 11 is 0. The monoisotopic (exact) mass is 248 g/mol. The first-order valence-corrected chi connectivity index (χ1v) is 5.68. The highest BCUT2D eigenvalue weighted by atomic mass is 35.5. The molecule has 1 amide bonds. The lowest BCUT2D eigenvalue weighted by molar-refractivity contribution is -0.139. The highest BCUT2D eigenvalue weighted by Gasteiger charge is 2.41. The summed E-state index contributed by atoms with van der Waals surface area (Å²) in [7, 11) is 1.72. The maximum atomic E-state index is 12.3. The van der Waals surface area contributed by atoms with Gasteiger partial charge in [0.15, 0.2) is 0 Å². The highest BCUT2D eigenvalue weighted by molar-refractivity contribution is 5.85. The summed E-state index contributed by atoms with van der Waals surface area (Å²) in [5, 5.41) is 3.26. The average molecular weight is 249 g/mol. The molecule has 1 unspecified atom stereocenters. The predicted octanol–water partition coefficient (Wildman–Crippen LogP) is 0.655. The molecule has 5 heteroatoms. The Bertz CT molecular complexity index is 254. The number of methoxy groups -OCH3 is 1. The van der Waals surface area contributed by atoms with Crippen LogP contribution >= 0.6 is 12.4 Å². The fraction of sp³-hybridized carbons (Fsp3) is 0.909. The molecule has 2 aliphatic heterocycles. The summed E-state index contributed by atoms with van der Waals surface area (Å²) in [5.41, 5.74) is -0.178. The van der Waals surface area contributed by atoms with E-state index >= 15 is 0 Å². The van der Waals surface area contributed by atoms with Crippen LogP contribution in [0.4, 0.5) is 0 Å². The molecule has 0 saturated carbocycles. The lowest BCUT2D eigenvalue weighted by Gasteiger charge is -2.28. The van der Waals surface area contributed by atoms with E-state index in [4.69, 9.17) is 4.74 Å². The third-order valence-corrected chi connectivity index (χ3v) is 3.65. The molecule has 4 nitrogen and oxygen atoms in total. The third-order valence-electron chi connectivity index (χ3n) is 3.65. The Morgan fingerprint density at radius 2 is 2.31 bits per heavy atom. The molecule has 0 aliphatic carbocycles. The second-order valence-corrected chi connectivity index (χ2v) is 4.88. The lowest BCUT2D eigenvalue weighted by Crippen LogP contribution is -2.42. The molecule has 1 N–H and O–H groups in total. The summed E-state index contributed by atoms with van der Waals surface area (Å²) in [6.07, 6.45) is 2.18. The average Bonchev–Trinajstić information content (AvgIpc) is 2.85. The van der Waals surface area contributed by atoms with Gasteiger partial charge in [-0.1, -0.05) is 0 Å². The first kappa shape index (κ1) is 13.7. The van der Waals surface area contributed by atoms with Crippen LogP contribution in [-0.4, -0.2) is 50.2 Å². The van der Waals surface area contributed by atoms with Crippen molar-refractivity contribution in [1.82, 2.24) is 10.2 Å². The van der Waals surface area contributed by atoms with E-state index in [1.54, 1.807) is 7.11 Å². The second kappa shape index (κ2) is 5.34. The summed E-state index contributed by atoms with van der Waals surface area (Å²) in [6.45, 7) is 5.47. The van der Waals surface area contributed by atoms with Crippen LogP contribution in [0.2, 0.25) is 0 Å². The second-order valence-electron chi connectivity index (χ2n) is 4.88. The number of rotatable bonds is 2. The predicted molar refractivity (Wildman–Crippen MR) is 64.8 cm³/mol. The van der Waals surface area contributed by atoms with Crippen LogP contribution < -0.4 is 5.32 Å². The molecule has 0 spiro atoms. The molecule has 0 bridgehead atoms. The van der Waals surface area contributed by atoms with Crippen molar-refractivity contribution in [2.45, 2.75) is 25.9 Å². The summed E-state index contributed by atoms with van der Waals surface area (Å²) in [6, 6.07) is 0. The Balaban J connectivity index is 0.00000128. The highest BCUT2D eigenvalue weighted by Crippen LogP contribution is 2.29. The molecule has 2 atom stereocenters. The molecule has 0 aromatic carbocycles. The minimum absolute atomic E-state index is 0. The Labute approximate surface area is 103 Å². The van der Waals surface area contributed by atoms with E-state index < -0.39 is 0 Å². The zero-order valence-electron chi connectivity index (χ0n) is 9.99. The van der Waals surface area contributed by atoms with Gasteiger partial charge < -0.3 is 15.0 Å². The van der Waals surface area contributed by atoms with Gasteiger partial charge in [0.05, 0.1) is 11.5 Å². The van der Waals surface area contributed by atoms with Gasteiger partial charge in [0.1, 0.15) is 0 Å². The van der Waals surface area contributed by atoms with Crippen LogP contribution in [0.15, 0.2) is 0 Å². The maximum Gasteiger partial charge on any atom is 0.229 e. The molecule has 2 rings (SSSR count). The topological polar surface area (TPSA) is 41.6 Å². The zero-order chi connectivity index (χ0) is 10.9. The number of hydrogen-bond acceptors (Lipinski definition) is 3. The number of carbonyl (C=O) groups is 1. The molecule has 94 valence electrons. The van der Waals surface area contributed by atoms with E-state index in [0.717, 1.165) is 39.0 Å². The number of nitrogens with zero attached hydrogens (tertiary/aromatic N) is 1. The van der Waals surface area contributed by atoms with Crippen LogP contribution in [0.25, 0.3) is 0 Å². The Morgan fingerprint density at radius 1 is 1.56 bits per heavy atom. The van der Waals surface area contributed by atoms with Gasteiger partial charge in [-0.3, -0.25) is 4.79 Å². The van der Waals surface area contributed by atoms with Crippen molar-refractivity contribution in [2.75, 3.05) is 33.3 Å². The summed E-state index contributed by atoms with van der Waals surface area (Å²) < 4.78 is 5.28. The first-order chi connectivity index (χ1) is 7.15. The number of nitrogens with one attached hydrogen (secondary N) is 1. The van der Waals surface area contributed by atoms with E-state index in [1.807, 2.05) is 4.90 Å². The largest absolute Gasteiger partial charge is 0.380 e. The van der Waals surface area contributed by atoms with Crippen LogP contribution in [-0.2, 0) is 9.53 Å². The normalized spacial score (nSPS) is 33.9. The van der Waals surface area contributed by atoms with E-state index in [0.29, 0.717) is 5.91 Å². The Morgan fingerprint density at radius 3 is 2.81 bits per heavy atom. The van der Waals surface area contributed by atoms with E-state index in [-0.39, 0.29) is 23.9 Å². The van der Waals surface area contributed by atoms with Crippen LogP contribution in [0, 0.1) is 5.41 Å². The SMILES string of the molecule is CO[C@@H]1CCN(C(=O)C2(C)CCNC2)C1.Cl. The molecule has 2 heterocycles. The summed E-state index contributed by atoms with van der Waals surface area (Å²) in [5.74, 6) is 0.298. The minimum Gasteiger partial charge on any atom is -0.380 e. The molecular weight excluding hydrogens is 228 g/mol. The fourth-order valence-corrected chi connectivity index (χ4v) is 2.49. The van der Waals surface area contributed by atoms with Crippen molar-refractivity contribution in [3.05, 3.63) is 0 Å². The molecule has 2 aliphatic rings. The Kier molecular flexibility index (Phi) is 4.59. The van der Waals surface area contributed by atoms with Gasteiger partial charge in [-0.25, -0.2) is 0 Å². The fourth-order valence-electron chi connectivity index (χ4n) is 2.49. The van der Waals surface area contributed by atoms with Crippen molar-refractivity contribution in [1.29, 1.82) is 0 Å². The van der Waals surface area contributed by atoms with Crippen LogP contribution in [0.3, 0.4) is 0 Å². The lowest BCUT2D eigenvalue weighted by atomic mass is 9.88.